The van der Waals surface area contributed by atoms with Crippen LogP contribution in [0.4, 0.5) is 34.1 Å². The summed E-state index contributed by atoms with van der Waals surface area (Å²) in [7, 11) is 3.68. The monoisotopic (exact) mass is 1170 g/mol. The quantitative estimate of drug-likeness (QED) is 0.0899. The van der Waals surface area contributed by atoms with Crippen molar-refractivity contribution in [2.45, 2.75) is 119 Å². The zero-order valence-corrected chi connectivity index (χ0v) is 54.7. The molecule has 0 saturated carbocycles. The third-order valence-electron chi connectivity index (χ3n) is 21.0. The zero-order chi connectivity index (χ0) is 62.0. The second-order valence-electron chi connectivity index (χ2n) is 28.1. The van der Waals surface area contributed by atoms with Gasteiger partial charge in [-0.15, -0.1) is 0 Å². The van der Waals surface area contributed by atoms with Crippen LogP contribution >= 0.6 is 0 Å². The van der Waals surface area contributed by atoms with Crippen LogP contribution in [0.2, 0.25) is 0 Å². The molecule has 4 aliphatic rings. The van der Waals surface area contributed by atoms with Gasteiger partial charge in [-0.3, -0.25) is 0 Å². The van der Waals surface area contributed by atoms with Crippen molar-refractivity contribution in [1.82, 2.24) is 0 Å². The third-order valence-corrected chi connectivity index (χ3v) is 21.0. The van der Waals surface area contributed by atoms with Gasteiger partial charge in [0.25, 0.3) is 0 Å². The first kappa shape index (κ1) is 56.3. The lowest BCUT2D eigenvalue weighted by Crippen LogP contribution is -2.60. The molecule has 0 spiro atoms. The Morgan fingerprint density at radius 3 is 0.978 bits per heavy atom. The van der Waals surface area contributed by atoms with Crippen LogP contribution in [0.5, 0.6) is 11.5 Å². The van der Waals surface area contributed by atoms with Gasteiger partial charge in [0.15, 0.2) is 0 Å². The highest BCUT2D eigenvalue weighted by molar-refractivity contribution is 7.02. The zero-order valence-electron chi connectivity index (χ0n) is 54.7. The van der Waals surface area contributed by atoms with Crippen LogP contribution in [0.3, 0.4) is 0 Å². The van der Waals surface area contributed by atoms with Gasteiger partial charge in [-0.25, -0.2) is 0 Å². The van der Waals surface area contributed by atoms with E-state index in [1.54, 1.807) is 0 Å². The van der Waals surface area contributed by atoms with E-state index in [9.17, 15) is 0 Å². The molecule has 12 aromatic rings. The average Bonchev–Trinajstić information content (AvgIpc) is 0.666. The fourth-order valence-electron chi connectivity index (χ4n) is 16.8. The molecule has 16 rings (SSSR count). The number of rotatable bonds is 12. The molecule has 0 fully saturated rings. The molecule has 12 aromatic carbocycles. The number of methoxy groups -OCH3 is 2. The number of ether oxygens (including phenoxy) is 2. The van der Waals surface area contributed by atoms with Crippen molar-refractivity contribution in [1.29, 1.82) is 0 Å². The molecule has 0 bridgehead atoms. The minimum Gasteiger partial charge on any atom is -0.497 e. The Labute approximate surface area is 533 Å². The summed E-state index contributed by atoms with van der Waals surface area (Å²) in [6, 6.07) is 70.9. The lowest BCUT2D eigenvalue weighted by molar-refractivity contribution is 0.415. The Morgan fingerprint density at radius 1 is 0.300 bits per heavy atom. The molecule has 4 heterocycles. The Kier molecular flexibility index (Phi) is 13.0. The smallest absolute Gasteiger partial charge is 0.248 e. The summed E-state index contributed by atoms with van der Waals surface area (Å²) in [5.74, 6) is 3.43. The minimum atomic E-state index is -0.0936. The first-order valence-corrected chi connectivity index (χ1v) is 33.1. The van der Waals surface area contributed by atoms with Gasteiger partial charge >= 0.3 is 0 Å². The maximum absolute atomic E-state index is 6.52. The third kappa shape index (κ3) is 8.01. The van der Waals surface area contributed by atoms with E-state index in [2.05, 4.69) is 275 Å². The van der Waals surface area contributed by atoms with E-state index in [-0.39, 0.29) is 37.1 Å². The highest BCUT2D eigenvalue weighted by atomic mass is 16.5. The molecule has 0 aliphatic carbocycles. The Morgan fingerprint density at radius 2 is 0.644 bits per heavy atom. The standard InChI is InChI=1S/C84H78B2N2O2/c1-45(2)51-33-57(47(5)6)77(58(34-51)48(7)8)61-41-63-67-37-55(89-13)39-75-83(67)86(70-30-22-24-32-74(70)87(75)53-25-17-15-18-26-53)72-44-66-62(78-59(49(9)10)35-52(46(3)4)36-60(78)50(11)12)42-64-68-38-56(90-14)40-76-84(68)85(71-43-65(61)81(79(63)72)82(66)80(64)71)69-29-21-23-31-73(69)88(76)54-27-19-16-20-28-54/h15-50H,1-14H3. The van der Waals surface area contributed by atoms with Crippen LogP contribution in [0.1, 0.15) is 152 Å². The molecule has 442 valence electrons. The number of anilines is 6. The predicted molar refractivity (Wildman–Crippen MR) is 388 cm³/mol. The van der Waals surface area contributed by atoms with Crippen molar-refractivity contribution in [3.8, 4) is 56.0 Å². The van der Waals surface area contributed by atoms with Gasteiger partial charge in [0.2, 0.25) is 13.4 Å². The van der Waals surface area contributed by atoms with E-state index < -0.39 is 0 Å². The normalized spacial score (nSPS) is 13.5. The summed E-state index contributed by atoms with van der Waals surface area (Å²) in [6.45, 7) is 28.6. The second kappa shape index (κ2) is 20.8. The Bertz CT molecular complexity index is 4590. The first-order chi connectivity index (χ1) is 43.6. The van der Waals surface area contributed by atoms with Crippen molar-refractivity contribution in [2.24, 2.45) is 0 Å². The molecule has 0 saturated heterocycles. The number of benzene rings is 12. The van der Waals surface area contributed by atoms with Gasteiger partial charge in [0.1, 0.15) is 11.5 Å². The summed E-state index contributed by atoms with van der Waals surface area (Å²) in [5.41, 5.74) is 33.7. The Balaban J connectivity index is 1.19. The van der Waals surface area contributed by atoms with Gasteiger partial charge in [0, 0.05) is 46.3 Å². The van der Waals surface area contributed by atoms with Gasteiger partial charge in [-0.2, -0.15) is 0 Å². The topological polar surface area (TPSA) is 24.9 Å². The second-order valence-corrected chi connectivity index (χ2v) is 28.1. The van der Waals surface area contributed by atoms with E-state index in [1.165, 1.54) is 154 Å². The molecule has 0 radical (unpaired) electrons. The first-order valence-electron chi connectivity index (χ1n) is 33.1. The summed E-state index contributed by atoms with van der Waals surface area (Å²) < 4.78 is 13.0. The number of hydrogen-bond acceptors (Lipinski definition) is 4. The number of para-hydroxylation sites is 4. The minimum absolute atomic E-state index is 0.0936. The summed E-state index contributed by atoms with van der Waals surface area (Å²) in [6.07, 6.45) is 0. The van der Waals surface area contributed by atoms with Crippen molar-refractivity contribution in [2.75, 3.05) is 24.0 Å². The fourth-order valence-corrected chi connectivity index (χ4v) is 16.8. The molecule has 4 nitrogen and oxygen atoms in total. The lowest BCUT2D eigenvalue weighted by atomic mass is 9.31. The predicted octanol–water partition coefficient (Wildman–Crippen LogP) is 19.2. The maximum Gasteiger partial charge on any atom is 0.248 e. The molecule has 90 heavy (non-hydrogen) atoms. The molecule has 0 atom stereocenters. The number of hydrogen-bond donors (Lipinski definition) is 0. The highest BCUT2D eigenvalue weighted by Gasteiger charge is 2.46. The van der Waals surface area contributed by atoms with Gasteiger partial charge in [-0.05, 0) is 228 Å². The van der Waals surface area contributed by atoms with Gasteiger partial charge in [0.05, 0.1) is 14.2 Å². The Hall–Kier alpha value is -8.99. The van der Waals surface area contributed by atoms with Crippen LogP contribution < -0.4 is 52.1 Å². The van der Waals surface area contributed by atoms with E-state index in [1.807, 2.05) is 14.2 Å². The van der Waals surface area contributed by atoms with Crippen LogP contribution in [0.15, 0.2) is 182 Å². The van der Waals surface area contributed by atoms with Gasteiger partial charge < -0.3 is 19.3 Å². The molecule has 4 aliphatic heterocycles. The van der Waals surface area contributed by atoms with Crippen LogP contribution in [0, 0.1) is 0 Å². The molecular formula is C84H78B2N2O2. The summed E-state index contributed by atoms with van der Waals surface area (Å²) >= 11 is 0. The van der Waals surface area contributed by atoms with E-state index >= 15 is 0 Å². The van der Waals surface area contributed by atoms with Crippen molar-refractivity contribution < 1.29 is 9.47 Å². The van der Waals surface area contributed by atoms with Gasteiger partial charge in [-0.1, -0.05) is 203 Å². The summed E-state index contributed by atoms with van der Waals surface area (Å²) in [4.78, 5) is 5.01. The molecule has 0 N–H and O–H groups in total. The summed E-state index contributed by atoms with van der Waals surface area (Å²) in [5, 5.41) is 8.02. The van der Waals surface area contributed by atoms with E-state index in [0.29, 0.717) is 11.8 Å². The molecule has 0 unspecified atom stereocenters. The van der Waals surface area contributed by atoms with Crippen molar-refractivity contribution in [3.63, 3.8) is 0 Å². The van der Waals surface area contributed by atoms with Crippen LogP contribution in [0.25, 0.3) is 76.8 Å². The number of fused-ring (bicyclic) bond motifs is 8. The highest BCUT2D eigenvalue weighted by Crippen LogP contribution is 2.56. The molecular weight excluding hydrogens is 1090 g/mol. The average molecular weight is 1170 g/mol. The fraction of sp³-hybridized carbons (Fsp3) is 0.238. The van der Waals surface area contributed by atoms with Crippen molar-refractivity contribution >= 4 is 113 Å². The molecule has 0 aromatic heterocycles. The van der Waals surface area contributed by atoms with Crippen molar-refractivity contribution in [3.05, 3.63) is 215 Å². The van der Waals surface area contributed by atoms with E-state index in [0.717, 1.165) is 34.2 Å². The SMILES string of the molecule is COc1cc2c3c(c1)N(c1ccccc1)c1ccccc1B3c1cc3c(-c4c(C(C)C)cc(C(C)C)cc4C(C)C)cc4c5c(cc6c(-c7c(C(C)C)cc(C(C)C)cc7C(C)C)cc-2c1c6c35)B1c2ccccc2N(c2ccccc2)c2cc(OC)cc-4c21. The van der Waals surface area contributed by atoms with E-state index in [4.69, 9.17) is 9.47 Å². The largest absolute Gasteiger partial charge is 0.497 e. The number of nitrogens with zero attached hydrogens (tertiary/aromatic N) is 2. The molecule has 0 amide bonds. The van der Waals surface area contributed by atoms with Crippen LogP contribution in [-0.2, 0) is 0 Å². The lowest BCUT2D eigenvalue weighted by Gasteiger charge is -2.42. The molecule has 6 heteroatoms. The van der Waals surface area contributed by atoms with Crippen LogP contribution in [-0.4, -0.2) is 27.6 Å². The maximum atomic E-state index is 6.52.